The zero-order valence-electron chi connectivity index (χ0n) is 23.9. The van der Waals surface area contributed by atoms with E-state index in [1.54, 1.807) is 31.3 Å². The molecule has 4 N–H and O–H groups in total. The van der Waals surface area contributed by atoms with Crippen molar-refractivity contribution in [1.82, 2.24) is 16.1 Å². The Kier molecular flexibility index (Phi) is 10.8. The number of ether oxygens (including phenoxy) is 4. The smallest absolute Gasteiger partial charge is 0.337 e. The number of esters is 1. The first-order valence-electron chi connectivity index (χ1n) is 13.5. The monoisotopic (exact) mass is 608 g/mol. The largest absolute Gasteiger partial charge is 0.490 e. The number of urea groups is 1. The number of benzene rings is 3. The predicted molar refractivity (Wildman–Crippen MR) is 161 cm³/mol. The summed E-state index contributed by atoms with van der Waals surface area (Å²) in [5.41, 5.74) is 5.57. The summed E-state index contributed by atoms with van der Waals surface area (Å²) in [5.74, 6) is 0.858. The third kappa shape index (κ3) is 8.40. The van der Waals surface area contributed by atoms with Crippen LogP contribution in [0.1, 0.15) is 36.6 Å². The van der Waals surface area contributed by atoms with E-state index in [0.29, 0.717) is 46.7 Å². The van der Waals surface area contributed by atoms with Crippen LogP contribution in [0.2, 0.25) is 5.02 Å². The number of methoxy groups -OCH3 is 1. The quantitative estimate of drug-likeness (QED) is 0.0967. The van der Waals surface area contributed by atoms with E-state index in [9.17, 15) is 14.7 Å². The number of carbonyl (C=O) groups excluding carboxylic acids is 2. The van der Waals surface area contributed by atoms with Crippen LogP contribution in [0.4, 0.5) is 4.79 Å². The van der Waals surface area contributed by atoms with Crippen molar-refractivity contribution in [2.75, 3.05) is 20.3 Å². The van der Waals surface area contributed by atoms with Crippen LogP contribution in [0.25, 0.3) is 0 Å². The lowest BCUT2D eigenvalue weighted by Gasteiger charge is -2.28. The maximum Gasteiger partial charge on any atom is 0.337 e. The average Bonchev–Trinajstić information content (AvgIpc) is 3.00. The second kappa shape index (κ2) is 14.9. The fourth-order valence-electron chi connectivity index (χ4n) is 4.25. The zero-order chi connectivity index (χ0) is 30.8. The number of hydrogen-bond acceptors (Lipinski definition) is 9. The lowest BCUT2D eigenvalue weighted by atomic mass is 9.95. The molecule has 0 spiro atoms. The summed E-state index contributed by atoms with van der Waals surface area (Å²) in [6.45, 7) is 4.00. The van der Waals surface area contributed by atoms with E-state index >= 15 is 0 Å². The summed E-state index contributed by atoms with van der Waals surface area (Å²) in [6, 6.07) is 18.6. The minimum Gasteiger partial charge on any atom is -0.490 e. The Morgan fingerprint density at radius 3 is 2.58 bits per heavy atom. The number of nitrogens with one attached hydrogen (secondary N) is 3. The van der Waals surface area contributed by atoms with E-state index in [0.717, 1.165) is 11.1 Å². The van der Waals surface area contributed by atoms with Gasteiger partial charge in [-0.05, 0) is 67.4 Å². The van der Waals surface area contributed by atoms with Crippen molar-refractivity contribution >= 4 is 29.8 Å². The van der Waals surface area contributed by atoms with Gasteiger partial charge in [-0.15, -0.1) is 0 Å². The summed E-state index contributed by atoms with van der Waals surface area (Å²) < 4.78 is 22.2. The first-order chi connectivity index (χ1) is 20.8. The number of amides is 2. The molecule has 0 saturated carbocycles. The summed E-state index contributed by atoms with van der Waals surface area (Å²) in [7, 11) is 1.28. The number of hydrazone groups is 1. The molecule has 0 unspecified atom stereocenters. The number of rotatable bonds is 13. The van der Waals surface area contributed by atoms with Gasteiger partial charge in [0.1, 0.15) is 19.0 Å². The molecule has 1 aliphatic rings. The highest BCUT2D eigenvalue weighted by molar-refractivity contribution is 6.31. The standard InChI is InChI=1S/C31H33ClN4O7/c1-4-41-26-15-21(29-28(30(38)40-3)19(2)34-31(39)35-29)11-14-25(26)43-18-27(37)36-33-16-20-9-12-23(13-10-20)42-17-22-7-5-6-8-24(22)32/h5-16,27,29,36-37H,4,17-18H2,1-3H3,(H2,34,35,39)/b33-16-/t27-,29-/m0/s1. The number of carbonyl (C=O) groups is 2. The molecule has 3 aromatic rings. The van der Waals surface area contributed by atoms with Crippen molar-refractivity contribution < 1.29 is 33.6 Å². The summed E-state index contributed by atoms with van der Waals surface area (Å²) in [6.07, 6.45) is 0.437. The van der Waals surface area contributed by atoms with Crippen molar-refractivity contribution in [1.29, 1.82) is 0 Å². The third-order valence-corrected chi connectivity index (χ3v) is 6.71. The average molecular weight is 609 g/mol. The van der Waals surface area contributed by atoms with Gasteiger partial charge in [-0.2, -0.15) is 5.10 Å². The van der Waals surface area contributed by atoms with Gasteiger partial charge < -0.3 is 34.7 Å². The molecule has 0 bridgehead atoms. The predicted octanol–water partition coefficient (Wildman–Crippen LogP) is 4.44. The Labute approximate surface area is 254 Å². The first-order valence-corrected chi connectivity index (χ1v) is 13.9. The SMILES string of the molecule is CCOc1cc([C@@H]2NC(=O)NC(C)=C2C(=O)OC)ccc1OC[C@H](O)N/N=C\c1ccc(OCc2ccccc2Cl)cc1. The number of aliphatic hydroxyl groups is 1. The van der Waals surface area contributed by atoms with Gasteiger partial charge >= 0.3 is 12.0 Å². The fourth-order valence-corrected chi connectivity index (χ4v) is 4.44. The van der Waals surface area contributed by atoms with E-state index in [1.165, 1.54) is 7.11 Å². The topological polar surface area (TPSA) is 140 Å². The second-order valence-electron chi connectivity index (χ2n) is 9.36. The van der Waals surface area contributed by atoms with Crippen molar-refractivity contribution in [2.45, 2.75) is 32.7 Å². The van der Waals surface area contributed by atoms with Crippen LogP contribution in [0.5, 0.6) is 17.2 Å². The lowest BCUT2D eigenvalue weighted by Crippen LogP contribution is -2.45. The number of nitrogens with zero attached hydrogens (tertiary/aromatic N) is 1. The van der Waals surface area contributed by atoms with Crippen LogP contribution in [0.3, 0.4) is 0 Å². The molecule has 0 aromatic heterocycles. The number of aliphatic hydroxyl groups excluding tert-OH is 1. The van der Waals surface area contributed by atoms with Gasteiger partial charge in [0, 0.05) is 16.3 Å². The van der Waals surface area contributed by atoms with Gasteiger partial charge in [-0.3, -0.25) is 5.43 Å². The summed E-state index contributed by atoms with van der Waals surface area (Å²) in [5, 5.41) is 20.4. The van der Waals surface area contributed by atoms with Gasteiger partial charge in [-0.1, -0.05) is 35.9 Å². The van der Waals surface area contributed by atoms with Crippen LogP contribution in [-0.4, -0.2) is 49.9 Å². The molecule has 1 heterocycles. The van der Waals surface area contributed by atoms with Crippen molar-refractivity contribution in [3.05, 3.63) is 99.7 Å². The van der Waals surface area contributed by atoms with Crippen LogP contribution < -0.4 is 30.3 Å². The van der Waals surface area contributed by atoms with Crippen molar-refractivity contribution in [3.8, 4) is 17.2 Å². The van der Waals surface area contributed by atoms with Crippen LogP contribution in [-0.2, 0) is 16.1 Å². The Morgan fingerprint density at radius 1 is 1.09 bits per heavy atom. The van der Waals surface area contributed by atoms with Gasteiger partial charge in [0.25, 0.3) is 0 Å². The zero-order valence-corrected chi connectivity index (χ0v) is 24.7. The number of hydrogen-bond donors (Lipinski definition) is 4. The Bertz CT molecular complexity index is 1490. The molecule has 2 amide bonds. The molecule has 2 atom stereocenters. The molecule has 0 aliphatic carbocycles. The minimum absolute atomic E-state index is 0.137. The highest BCUT2D eigenvalue weighted by Crippen LogP contribution is 2.35. The molecule has 4 rings (SSSR count). The molecule has 0 fully saturated rings. The van der Waals surface area contributed by atoms with Gasteiger partial charge in [0.05, 0.1) is 31.5 Å². The molecule has 0 saturated heterocycles. The Morgan fingerprint density at radius 2 is 1.86 bits per heavy atom. The molecule has 43 heavy (non-hydrogen) atoms. The Balaban J connectivity index is 1.33. The minimum atomic E-state index is -1.12. The van der Waals surface area contributed by atoms with Crippen LogP contribution >= 0.6 is 11.6 Å². The van der Waals surface area contributed by atoms with Gasteiger partial charge in [0.15, 0.2) is 17.7 Å². The van der Waals surface area contributed by atoms with Gasteiger partial charge in [-0.25, -0.2) is 9.59 Å². The number of allylic oxidation sites excluding steroid dienone is 1. The maximum atomic E-state index is 12.4. The van der Waals surface area contributed by atoms with E-state index < -0.39 is 24.3 Å². The molecule has 0 radical (unpaired) electrons. The normalized spacial score (nSPS) is 15.4. The van der Waals surface area contributed by atoms with E-state index in [-0.39, 0.29) is 12.2 Å². The second-order valence-corrected chi connectivity index (χ2v) is 9.77. The summed E-state index contributed by atoms with van der Waals surface area (Å²) >= 11 is 6.17. The molecule has 1 aliphatic heterocycles. The highest BCUT2D eigenvalue weighted by atomic mass is 35.5. The van der Waals surface area contributed by atoms with E-state index in [1.807, 2.05) is 55.5 Å². The van der Waals surface area contributed by atoms with Crippen LogP contribution in [0, 0.1) is 0 Å². The van der Waals surface area contributed by atoms with E-state index in [2.05, 4.69) is 21.2 Å². The van der Waals surface area contributed by atoms with Crippen molar-refractivity contribution in [3.63, 3.8) is 0 Å². The lowest BCUT2D eigenvalue weighted by molar-refractivity contribution is -0.136. The summed E-state index contributed by atoms with van der Waals surface area (Å²) in [4.78, 5) is 24.5. The highest BCUT2D eigenvalue weighted by Gasteiger charge is 2.32. The number of halogens is 1. The van der Waals surface area contributed by atoms with Crippen LogP contribution in [0.15, 0.2) is 83.1 Å². The van der Waals surface area contributed by atoms with Gasteiger partial charge in [0.2, 0.25) is 0 Å². The Hall–Kier alpha value is -4.74. The van der Waals surface area contributed by atoms with E-state index in [4.69, 9.17) is 30.5 Å². The maximum absolute atomic E-state index is 12.4. The fraction of sp³-hybridized carbons (Fsp3) is 0.258. The molecule has 11 nitrogen and oxygen atoms in total. The molecular weight excluding hydrogens is 576 g/mol. The molecule has 3 aromatic carbocycles. The van der Waals surface area contributed by atoms with Crippen molar-refractivity contribution in [2.24, 2.45) is 5.10 Å². The first kappa shape index (κ1) is 31.2. The molecule has 226 valence electrons. The molecule has 12 heteroatoms. The molecular formula is C31H33ClN4O7. The third-order valence-electron chi connectivity index (χ3n) is 6.34.